The van der Waals surface area contributed by atoms with Crippen molar-refractivity contribution in [3.8, 4) is 11.1 Å². The highest BCUT2D eigenvalue weighted by atomic mass is 32.2. The van der Waals surface area contributed by atoms with E-state index >= 15 is 0 Å². The van der Waals surface area contributed by atoms with Crippen molar-refractivity contribution >= 4 is 29.7 Å². The van der Waals surface area contributed by atoms with E-state index < -0.39 is 23.6 Å². The van der Waals surface area contributed by atoms with Crippen LogP contribution in [0.4, 0.5) is 4.79 Å². The smallest absolute Gasteiger partial charge is 0.407 e. The number of alkyl carbamates (subject to hydrolysis) is 1. The van der Waals surface area contributed by atoms with Gasteiger partial charge in [0.2, 0.25) is 5.91 Å². The minimum Gasteiger partial charge on any atom is -0.481 e. The molecule has 1 saturated carbocycles. The predicted molar refractivity (Wildman–Crippen MR) is 137 cm³/mol. The monoisotopic (exact) mass is 496 g/mol. The van der Waals surface area contributed by atoms with Gasteiger partial charge in [-0.3, -0.25) is 9.59 Å². The number of amides is 2. The van der Waals surface area contributed by atoms with Crippen molar-refractivity contribution in [1.82, 2.24) is 10.6 Å². The summed E-state index contributed by atoms with van der Waals surface area (Å²) in [6, 6.07) is 15.4. The lowest BCUT2D eigenvalue weighted by molar-refractivity contribution is -0.139. The molecule has 35 heavy (non-hydrogen) atoms. The van der Waals surface area contributed by atoms with Crippen LogP contribution in [-0.4, -0.2) is 53.3 Å². The molecule has 2 aliphatic carbocycles. The van der Waals surface area contributed by atoms with Gasteiger partial charge in [-0.1, -0.05) is 48.5 Å². The van der Waals surface area contributed by atoms with Crippen LogP contribution in [0, 0.1) is 5.92 Å². The molecule has 1 fully saturated rings. The summed E-state index contributed by atoms with van der Waals surface area (Å²) in [5, 5.41) is 15.0. The van der Waals surface area contributed by atoms with Crippen LogP contribution >= 0.6 is 11.8 Å². The first-order valence-electron chi connectivity index (χ1n) is 12.0. The van der Waals surface area contributed by atoms with Crippen molar-refractivity contribution in [1.29, 1.82) is 0 Å². The van der Waals surface area contributed by atoms with Gasteiger partial charge in [0, 0.05) is 5.92 Å². The number of fused-ring (bicyclic) bond motifs is 3. The molecule has 3 N–H and O–H groups in total. The van der Waals surface area contributed by atoms with Gasteiger partial charge in [-0.2, -0.15) is 11.8 Å². The number of thioether (sulfide) groups is 1. The Morgan fingerprint density at radius 2 is 1.69 bits per heavy atom. The molecule has 0 radical (unpaired) electrons. The van der Waals surface area contributed by atoms with Gasteiger partial charge in [0.15, 0.2) is 0 Å². The van der Waals surface area contributed by atoms with Crippen LogP contribution in [0.1, 0.15) is 49.7 Å². The highest BCUT2D eigenvalue weighted by Gasteiger charge is 2.45. The molecule has 1 unspecified atom stereocenters. The number of rotatable bonds is 11. The van der Waals surface area contributed by atoms with E-state index in [4.69, 9.17) is 4.74 Å². The van der Waals surface area contributed by atoms with Crippen LogP contribution in [-0.2, 0) is 14.3 Å². The Balaban J connectivity index is 1.41. The number of hydrogen-bond acceptors (Lipinski definition) is 5. The van der Waals surface area contributed by atoms with Crippen molar-refractivity contribution < 1.29 is 24.2 Å². The Labute approximate surface area is 210 Å². The summed E-state index contributed by atoms with van der Waals surface area (Å²) in [6.45, 7) is 1.94. The maximum absolute atomic E-state index is 13.1. The SMILES string of the molecule is CSCC[C@@H](NC(=O)OCC1c2ccccc2-c2ccccc21)C(=O)NC(C)(CC(=O)O)C1CC1. The number of hydrogen-bond donors (Lipinski definition) is 3. The molecule has 8 heteroatoms. The highest BCUT2D eigenvalue weighted by Crippen LogP contribution is 2.44. The van der Waals surface area contributed by atoms with Gasteiger partial charge < -0.3 is 20.5 Å². The minimum atomic E-state index is -0.954. The maximum atomic E-state index is 13.1. The fraction of sp³-hybridized carbons (Fsp3) is 0.444. The second kappa shape index (κ2) is 10.7. The molecule has 2 aromatic rings. The van der Waals surface area contributed by atoms with Gasteiger partial charge >= 0.3 is 12.1 Å². The van der Waals surface area contributed by atoms with E-state index in [1.807, 2.05) is 30.5 Å². The zero-order chi connectivity index (χ0) is 25.0. The molecule has 0 aromatic heterocycles. The zero-order valence-electron chi connectivity index (χ0n) is 20.1. The summed E-state index contributed by atoms with van der Waals surface area (Å²) in [7, 11) is 0. The van der Waals surface area contributed by atoms with Crippen molar-refractivity contribution in [3.05, 3.63) is 59.7 Å². The van der Waals surface area contributed by atoms with Gasteiger partial charge in [0.25, 0.3) is 0 Å². The molecule has 0 saturated heterocycles. The van der Waals surface area contributed by atoms with Gasteiger partial charge in [-0.25, -0.2) is 4.79 Å². The summed E-state index contributed by atoms with van der Waals surface area (Å²) in [5.41, 5.74) is 3.70. The molecular formula is C27H32N2O5S. The summed E-state index contributed by atoms with van der Waals surface area (Å²) < 4.78 is 5.62. The third-order valence-electron chi connectivity index (χ3n) is 6.97. The van der Waals surface area contributed by atoms with E-state index in [1.54, 1.807) is 18.7 Å². The third kappa shape index (κ3) is 5.81. The molecule has 2 aromatic carbocycles. The molecule has 0 heterocycles. The fourth-order valence-corrected chi connectivity index (χ4v) is 5.45. The van der Waals surface area contributed by atoms with E-state index in [9.17, 15) is 19.5 Å². The Bertz CT molecular complexity index is 1060. The van der Waals surface area contributed by atoms with Gasteiger partial charge in [-0.15, -0.1) is 0 Å². The van der Waals surface area contributed by atoms with E-state index in [0.29, 0.717) is 12.2 Å². The first-order valence-corrected chi connectivity index (χ1v) is 13.4. The molecule has 2 aliphatic rings. The predicted octanol–water partition coefficient (Wildman–Crippen LogP) is 4.41. The largest absolute Gasteiger partial charge is 0.481 e. The lowest BCUT2D eigenvalue weighted by Gasteiger charge is -2.31. The fourth-order valence-electron chi connectivity index (χ4n) is 4.98. The van der Waals surface area contributed by atoms with Crippen LogP contribution < -0.4 is 10.6 Å². The Kier molecular flexibility index (Phi) is 7.69. The van der Waals surface area contributed by atoms with Crippen LogP contribution in [0.5, 0.6) is 0 Å². The van der Waals surface area contributed by atoms with Crippen molar-refractivity contribution in [2.24, 2.45) is 5.92 Å². The second-order valence-corrected chi connectivity index (χ2v) is 10.5. The Morgan fingerprint density at radius 3 is 2.23 bits per heavy atom. The average molecular weight is 497 g/mol. The van der Waals surface area contributed by atoms with Crippen LogP contribution in [0.2, 0.25) is 0 Å². The molecule has 186 valence electrons. The molecule has 0 spiro atoms. The van der Waals surface area contributed by atoms with Crippen LogP contribution in [0.3, 0.4) is 0 Å². The number of nitrogens with one attached hydrogen (secondary N) is 2. The number of carbonyl (C=O) groups excluding carboxylic acids is 2. The average Bonchev–Trinajstić information content (AvgIpc) is 3.64. The van der Waals surface area contributed by atoms with Crippen molar-refractivity contribution in [2.45, 2.75) is 50.1 Å². The first kappa shape index (κ1) is 25.1. The molecule has 2 atom stereocenters. The highest BCUT2D eigenvalue weighted by molar-refractivity contribution is 7.98. The Morgan fingerprint density at radius 1 is 1.09 bits per heavy atom. The van der Waals surface area contributed by atoms with E-state index in [1.165, 1.54) is 0 Å². The number of aliphatic carboxylic acids is 1. The standard InChI is InChI=1S/C27H32N2O5S/c1-27(15-24(30)31,17-11-12-17)29-25(32)23(13-14-35-2)28-26(33)34-16-22-20-9-5-3-7-18(20)19-8-4-6-10-21(19)22/h3-10,17,22-23H,11-16H2,1-2H3,(H,28,33)(H,29,32)(H,30,31)/t23-,27?/m1/s1. The Hall–Kier alpha value is -3.00. The number of carboxylic acid groups (broad SMARTS) is 1. The summed E-state index contributed by atoms with van der Waals surface area (Å²) in [6.07, 6.45) is 3.33. The molecule has 7 nitrogen and oxygen atoms in total. The van der Waals surface area contributed by atoms with E-state index in [-0.39, 0.29) is 30.8 Å². The lowest BCUT2D eigenvalue weighted by Crippen LogP contribution is -2.56. The van der Waals surface area contributed by atoms with Gasteiger partial charge in [-0.05, 0) is 66.4 Å². The molecular weight excluding hydrogens is 464 g/mol. The third-order valence-corrected chi connectivity index (χ3v) is 7.61. The van der Waals surface area contributed by atoms with Gasteiger partial charge in [0.1, 0.15) is 12.6 Å². The second-order valence-electron chi connectivity index (χ2n) is 9.56. The number of benzene rings is 2. The van der Waals surface area contributed by atoms with Crippen LogP contribution in [0.15, 0.2) is 48.5 Å². The lowest BCUT2D eigenvalue weighted by atomic mass is 9.91. The summed E-state index contributed by atoms with van der Waals surface area (Å²) >= 11 is 1.57. The molecule has 0 bridgehead atoms. The van der Waals surface area contributed by atoms with Gasteiger partial charge in [0.05, 0.1) is 12.0 Å². The van der Waals surface area contributed by atoms with Crippen LogP contribution in [0.25, 0.3) is 11.1 Å². The van der Waals surface area contributed by atoms with Crippen molar-refractivity contribution in [3.63, 3.8) is 0 Å². The summed E-state index contributed by atoms with van der Waals surface area (Å²) in [4.78, 5) is 37.3. The molecule has 2 amide bonds. The molecule has 0 aliphatic heterocycles. The number of carbonyl (C=O) groups is 3. The van der Waals surface area contributed by atoms with E-state index in [2.05, 4.69) is 34.9 Å². The molecule has 4 rings (SSSR count). The van der Waals surface area contributed by atoms with Crippen molar-refractivity contribution in [2.75, 3.05) is 18.6 Å². The van der Waals surface area contributed by atoms with E-state index in [0.717, 1.165) is 35.1 Å². The zero-order valence-corrected chi connectivity index (χ0v) is 20.9. The number of ether oxygens (including phenoxy) is 1. The maximum Gasteiger partial charge on any atom is 0.407 e. The minimum absolute atomic E-state index is 0.0691. The first-order chi connectivity index (χ1) is 16.8. The quantitative estimate of drug-likeness (QED) is 0.426. The normalized spacial score (nSPS) is 17.0. The number of carboxylic acids is 1. The summed E-state index contributed by atoms with van der Waals surface area (Å²) in [5.74, 6) is -0.590. The topological polar surface area (TPSA) is 105 Å².